The second-order valence-corrected chi connectivity index (χ2v) is 6.07. The normalized spacial score (nSPS) is 17.7. The predicted octanol–water partition coefficient (Wildman–Crippen LogP) is 3.36. The van der Waals surface area contributed by atoms with E-state index in [1.54, 1.807) is 0 Å². The van der Waals surface area contributed by atoms with Crippen molar-refractivity contribution < 1.29 is 9.59 Å². The van der Waals surface area contributed by atoms with Gasteiger partial charge in [0.25, 0.3) is 5.91 Å². The van der Waals surface area contributed by atoms with Crippen LogP contribution in [0, 0.1) is 20.8 Å². The maximum absolute atomic E-state index is 12.7. The highest BCUT2D eigenvalue weighted by atomic mass is 16.2. The summed E-state index contributed by atoms with van der Waals surface area (Å²) in [4.78, 5) is 26.5. The van der Waals surface area contributed by atoms with Gasteiger partial charge in [-0.15, -0.1) is 0 Å². The lowest BCUT2D eigenvalue weighted by molar-refractivity contribution is -0.121. The van der Waals surface area contributed by atoms with Gasteiger partial charge in [0.1, 0.15) is 6.04 Å². The highest BCUT2D eigenvalue weighted by Crippen LogP contribution is 2.30. The van der Waals surface area contributed by atoms with Crippen molar-refractivity contribution in [1.82, 2.24) is 0 Å². The summed E-state index contributed by atoms with van der Waals surface area (Å²) in [6.45, 7) is 5.85. The summed E-state index contributed by atoms with van der Waals surface area (Å²) < 4.78 is 0. The Hall–Kier alpha value is -2.62. The Morgan fingerprint density at radius 2 is 1.57 bits per heavy atom. The third kappa shape index (κ3) is 2.84. The van der Waals surface area contributed by atoms with Crippen molar-refractivity contribution in [1.29, 1.82) is 0 Å². The number of nitrogens with zero attached hydrogens (tertiary/aromatic N) is 1. The smallest absolute Gasteiger partial charge is 0.256 e. The van der Waals surface area contributed by atoms with Gasteiger partial charge in [0.15, 0.2) is 0 Å². The van der Waals surface area contributed by atoms with Crippen LogP contribution < -0.4 is 10.2 Å². The number of carbonyl (C=O) groups excluding carboxylic acids is 2. The van der Waals surface area contributed by atoms with Gasteiger partial charge in [0, 0.05) is 5.69 Å². The Balaban J connectivity index is 1.87. The summed E-state index contributed by atoms with van der Waals surface area (Å²) >= 11 is 0. The van der Waals surface area contributed by atoms with E-state index in [-0.39, 0.29) is 18.2 Å². The number of rotatable bonds is 3. The summed E-state index contributed by atoms with van der Waals surface area (Å²) in [6.07, 6.45) is 0.181. The van der Waals surface area contributed by atoms with Crippen molar-refractivity contribution in [3.8, 4) is 0 Å². The lowest BCUT2D eigenvalue weighted by Crippen LogP contribution is -2.35. The molecule has 1 atom stereocenters. The van der Waals surface area contributed by atoms with Crippen molar-refractivity contribution in [3.63, 3.8) is 0 Å². The van der Waals surface area contributed by atoms with Gasteiger partial charge in [0.05, 0.1) is 12.1 Å². The molecule has 1 N–H and O–H groups in total. The lowest BCUT2D eigenvalue weighted by Gasteiger charge is -2.20. The molecule has 23 heavy (non-hydrogen) atoms. The highest BCUT2D eigenvalue weighted by molar-refractivity contribution is 6.23. The van der Waals surface area contributed by atoms with Gasteiger partial charge >= 0.3 is 0 Å². The van der Waals surface area contributed by atoms with E-state index < -0.39 is 6.04 Å². The first kappa shape index (κ1) is 15.3. The average molecular weight is 308 g/mol. The molecular weight excluding hydrogens is 288 g/mol. The number of hydrogen-bond donors (Lipinski definition) is 1. The molecule has 1 heterocycles. The van der Waals surface area contributed by atoms with Crippen LogP contribution in [0.25, 0.3) is 0 Å². The first-order chi connectivity index (χ1) is 11.0. The molecule has 0 aliphatic carbocycles. The van der Waals surface area contributed by atoms with Crippen LogP contribution in [-0.2, 0) is 9.59 Å². The van der Waals surface area contributed by atoms with Crippen molar-refractivity contribution in [2.75, 3.05) is 10.2 Å². The van der Waals surface area contributed by atoms with Crippen LogP contribution in [0.3, 0.4) is 0 Å². The van der Waals surface area contributed by atoms with Crippen LogP contribution in [0.5, 0.6) is 0 Å². The van der Waals surface area contributed by atoms with Crippen molar-refractivity contribution in [3.05, 3.63) is 59.2 Å². The molecule has 0 bridgehead atoms. The third-order valence-electron chi connectivity index (χ3n) is 4.20. The number of carbonyl (C=O) groups is 2. The summed E-state index contributed by atoms with van der Waals surface area (Å²) in [5.74, 6) is -0.343. The fourth-order valence-corrected chi connectivity index (χ4v) is 2.99. The highest BCUT2D eigenvalue weighted by Gasteiger charge is 2.40. The van der Waals surface area contributed by atoms with E-state index in [1.165, 1.54) is 4.90 Å². The molecule has 2 aromatic carbocycles. The minimum absolute atomic E-state index is 0.156. The average Bonchev–Trinajstić information content (AvgIpc) is 2.77. The minimum atomic E-state index is -0.510. The van der Waals surface area contributed by atoms with Crippen molar-refractivity contribution in [2.24, 2.45) is 0 Å². The zero-order chi connectivity index (χ0) is 16.6. The molecule has 2 amide bonds. The Labute approximate surface area is 136 Å². The van der Waals surface area contributed by atoms with Gasteiger partial charge in [-0.05, 0) is 44.0 Å². The van der Waals surface area contributed by atoms with E-state index in [9.17, 15) is 9.59 Å². The molecular formula is C19H20N2O2. The third-order valence-corrected chi connectivity index (χ3v) is 4.20. The zero-order valence-electron chi connectivity index (χ0n) is 13.6. The quantitative estimate of drug-likeness (QED) is 0.885. The van der Waals surface area contributed by atoms with Crippen LogP contribution in [-0.4, -0.2) is 17.9 Å². The first-order valence-corrected chi connectivity index (χ1v) is 7.73. The minimum Gasteiger partial charge on any atom is -0.373 e. The Morgan fingerprint density at radius 1 is 0.957 bits per heavy atom. The Morgan fingerprint density at radius 3 is 2.17 bits per heavy atom. The molecule has 0 aromatic heterocycles. The fourth-order valence-electron chi connectivity index (χ4n) is 2.99. The largest absolute Gasteiger partial charge is 0.373 e. The topological polar surface area (TPSA) is 49.4 Å². The second kappa shape index (κ2) is 5.88. The molecule has 0 radical (unpaired) electrons. The standard InChI is InChI=1S/C19H20N2O2/c1-12-7-9-15(10-8-12)20-16-11-17(22)21(19(16)23)18-13(2)5-4-6-14(18)3/h4-10,16,20H,11H2,1-3H3/t16-/m0/s1. The monoisotopic (exact) mass is 308 g/mol. The number of aryl methyl sites for hydroxylation is 3. The maximum Gasteiger partial charge on any atom is 0.256 e. The fraction of sp³-hybridized carbons (Fsp3) is 0.263. The molecule has 2 aromatic rings. The molecule has 1 aliphatic rings. The molecule has 4 nitrogen and oxygen atoms in total. The van der Waals surface area contributed by atoms with Crippen LogP contribution >= 0.6 is 0 Å². The van der Waals surface area contributed by atoms with Gasteiger partial charge < -0.3 is 5.32 Å². The Bertz CT molecular complexity index is 745. The van der Waals surface area contributed by atoms with E-state index in [4.69, 9.17) is 0 Å². The van der Waals surface area contributed by atoms with Crippen molar-refractivity contribution in [2.45, 2.75) is 33.2 Å². The van der Waals surface area contributed by atoms with E-state index >= 15 is 0 Å². The molecule has 0 unspecified atom stereocenters. The SMILES string of the molecule is Cc1ccc(N[C@H]2CC(=O)N(c3c(C)cccc3C)C2=O)cc1. The first-order valence-electron chi connectivity index (χ1n) is 7.73. The van der Waals surface area contributed by atoms with Crippen molar-refractivity contribution >= 4 is 23.2 Å². The maximum atomic E-state index is 12.7. The summed E-state index contributed by atoms with van der Waals surface area (Å²) in [5.41, 5.74) is 4.59. The number of amides is 2. The summed E-state index contributed by atoms with van der Waals surface area (Å²) in [6, 6.07) is 13.1. The second-order valence-electron chi connectivity index (χ2n) is 6.07. The van der Waals surface area contributed by atoms with Gasteiger partial charge in [-0.25, -0.2) is 4.90 Å². The van der Waals surface area contributed by atoms with E-state index in [0.29, 0.717) is 0 Å². The molecule has 0 spiro atoms. The number of benzene rings is 2. The molecule has 1 fully saturated rings. The van der Waals surface area contributed by atoms with E-state index in [0.717, 1.165) is 28.1 Å². The molecule has 3 rings (SSSR count). The number of anilines is 2. The van der Waals surface area contributed by atoms with E-state index in [1.807, 2.05) is 63.2 Å². The van der Waals surface area contributed by atoms with Gasteiger partial charge in [-0.3, -0.25) is 9.59 Å². The zero-order valence-corrected chi connectivity index (χ0v) is 13.6. The van der Waals surface area contributed by atoms with Crippen LogP contribution in [0.15, 0.2) is 42.5 Å². The molecule has 4 heteroatoms. The van der Waals surface area contributed by atoms with Gasteiger partial charge in [-0.2, -0.15) is 0 Å². The van der Waals surface area contributed by atoms with Crippen LogP contribution in [0.4, 0.5) is 11.4 Å². The van der Waals surface area contributed by atoms with E-state index in [2.05, 4.69) is 5.32 Å². The number of imide groups is 1. The molecule has 1 aliphatic heterocycles. The lowest BCUT2D eigenvalue weighted by atomic mass is 10.1. The Kier molecular flexibility index (Phi) is 3.90. The molecule has 1 saturated heterocycles. The molecule has 0 saturated carbocycles. The predicted molar refractivity (Wildman–Crippen MR) is 91.6 cm³/mol. The number of para-hydroxylation sites is 1. The number of nitrogens with one attached hydrogen (secondary N) is 1. The number of hydrogen-bond acceptors (Lipinski definition) is 3. The van der Waals surface area contributed by atoms with Crippen LogP contribution in [0.2, 0.25) is 0 Å². The van der Waals surface area contributed by atoms with Gasteiger partial charge in [-0.1, -0.05) is 35.9 Å². The summed E-state index contributed by atoms with van der Waals surface area (Å²) in [5, 5.41) is 3.17. The summed E-state index contributed by atoms with van der Waals surface area (Å²) in [7, 11) is 0. The molecule has 118 valence electrons. The van der Waals surface area contributed by atoms with Gasteiger partial charge in [0.2, 0.25) is 5.91 Å². The van der Waals surface area contributed by atoms with Crippen LogP contribution in [0.1, 0.15) is 23.1 Å².